The van der Waals surface area contributed by atoms with E-state index in [9.17, 15) is 0 Å². The Hall–Kier alpha value is -1.56. The fourth-order valence-corrected chi connectivity index (χ4v) is 4.79. The summed E-state index contributed by atoms with van der Waals surface area (Å²) in [6, 6.07) is 15.4. The largest absolute Gasteiger partial charge is 0.0882 e. The normalized spacial score (nSPS) is 11.7. The number of hydrogen-bond acceptors (Lipinski definition) is 0. The third-order valence-corrected chi connectivity index (χ3v) is 6.86. The lowest BCUT2D eigenvalue weighted by Crippen LogP contribution is -1.84. The Morgan fingerprint density at radius 1 is 0.500 bits per heavy atom. The van der Waals surface area contributed by atoms with Crippen LogP contribution in [-0.4, -0.2) is 0 Å². The van der Waals surface area contributed by atoms with Gasteiger partial charge in [-0.1, -0.05) is 164 Å². The summed E-state index contributed by atoms with van der Waals surface area (Å²) in [6.07, 6.45) is 31.6. The number of allylic oxidation sites excluding steroid dienone is 2. The van der Waals surface area contributed by atoms with Gasteiger partial charge in [0.05, 0.1) is 0 Å². The van der Waals surface area contributed by atoms with E-state index in [4.69, 9.17) is 0 Å². The molecular formula is C32H50. The van der Waals surface area contributed by atoms with Gasteiger partial charge < -0.3 is 0 Å². The van der Waals surface area contributed by atoms with Gasteiger partial charge in [-0.25, -0.2) is 0 Å². The molecule has 0 unspecified atom stereocenters. The van der Waals surface area contributed by atoms with Crippen LogP contribution in [0, 0.1) is 0 Å². The second-order valence-corrected chi connectivity index (χ2v) is 9.76. The highest BCUT2D eigenvalue weighted by Crippen LogP contribution is 2.19. The summed E-state index contributed by atoms with van der Waals surface area (Å²) >= 11 is 0. The Labute approximate surface area is 199 Å². The minimum absolute atomic E-state index is 1.06. The van der Waals surface area contributed by atoms with Crippen molar-refractivity contribution in [3.05, 3.63) is 60.2 Å². The summed E-state index contributed by atoms with van der Waals surface area (Å²) in [5, 5.41) is 2.75. The number of hydrogen-bond donors (Lipinski definition) is 0. The van der Waals surface area contributed by atoms with E-state index in [0.717, 1.165) is 6.42 Å². The molecule has 0 nitrogen and oxygen atoms in total. The monoisotopic (exact) mass is 434 g/mol. The summed E-state index contributed by atoms with van der Waals surface area (Å²) < 4.78 is 0. The fourth-order valence-electron chi connectivity index (χ4n) is 4.79. The molecule has 0 saturated heterocycles. The van der Waals surface area contributed by atoms with Crippen molar-refractivity contribution in [2.24, 2.45) is 0 Å². The highest BCUT2D eigenvalue weighted by atomic mass is 14.0. The second-order valence-electron chi connectivity index (χ2n) is 9.76. The Balaban J connectivity index is 1.33. The van der Waals surface area contributed by atoms with Gasteiger partial charge >= 0.3 is 0 Å². The van der Waals surface area contributed by atoms with Crippen molar-refractivity contribution < 1.29 is 0 Å². The first kappa shape index (κ1) is 26.7. The molecule has 0 spiro atoms. The maximum atomic E-state index is 2.40. The Kier molecular flexibility index (Phi) is 15.8. The van der Waals surface area contributed by atoms with Crippen LogP contribution in [0.25, 0.3) is 10.8 Å². The summed E-state index contributed by atoms with van der Waals surface area (Å²) in [7, 11) is 0. The van der Waals surface area contributed by atoms with E-state index >= 15 is 0 Å². The van der Waals surface area contributed by atoms with Crippen LogP contribution in [0.4, 0.5) is 0 Å². The van der Waals surface area contributed by atoms with Crippen LogP contribution in [-0.2, 0) is 6.42 Å². The van der Waals surface area contributed by atoms with E-state index in [2.05, 4.69) is 61.5 Å². The van der Waals surface area contributed by atoms with Gasteiger partial charge in [-0.2, -0.15) is 0 Å². The van der Waals surface area contributed by atoms with E-state index < -0.39 is 0 Å². The molecule has 32 heavy (non-hydrogen) atoms. The Bertz CT molecular complexity index is 706. The van der Waals surface area contributed by atoms with Crippen molar-refractivity contribution in [3.8, 4) is 0 Å². The van der Waals surface area contributed by atoms with E-state index in [-0.39, 0.29) is 0 Å². The van der Waals surface area contributed by atoms with Crippen molar-refractivity contribution >= 4 is 10.8 Å². The SMILES string of the molecule is CCCCCCCCCCCCCCCCCCC/C=C/Cc1cccc2ccccc12. The van der Waals surface area contributed by atoms with Crippen LogP contribution in [0.5, 0.6) is 0 Å². The molecule has 178 valence electrons. The van der Waals surface area contributed by atoms with Crippen molar-refractivity contribution in [1.82, 2.24) is 0 Å². The molecule has 0 heteroatoms. The molecule has 0 aliphatic carbocycles. The third kappa shape index (κ3) is 12.5. The lowest BCUT2D eigenvalue weighted by atomic mass is 10.0. The standard InChI is InChI=1S/C32H50/c1-2-3-4-5-6-7-8-9-10-11-12-13-14-15-16-17-18-19-20-21-25-30-27-24-28-31-26-22-23-29-32(30)31/h20-24,26-29H,2-19,25H2,1H3/b21-20+. The first-order valence-electron chi connectivity index (χ1n) is 14.0. The molecule has 2 aromatic rings. The summed E-state index contributed by atoms with van der Waals surface area (Å²) in [6.45, 7) is 2.30. The maximum absolute atomic E-state index is 2.40. The molecule has 2 rings (SSSR count). The van der Waals surface area contributed by atoms with Crippen molar-refractivity contribution in [3.63, 3.8) is 0 Å². The number of rotatable bonds is 20. The van der Waals surface area contributed by atoms with Crippen LogP contribution in [0.2, 0.25) is 0 Å². The molecule has 0 aromatic heterocycles. The first-order chi connectivity index (χ1) is 15.9. The minimum Gasteiger partial charge on any atom is -0.0882 e. The molecule has 0 N–H and O–H groups in total. The van der Waals surface area contributed by atoms with Gasteiger partial charge in [0.1, 0.15) is 0 Å². The van der Waals surface area contributed by atoms with E-state index in [0.29, 0.717) is 0 Å². The molecule has 2 aromatic carbocycles. The van der Waals surface area contributed by atoms with Crippen LogP contribution in [0.15, 0.2) is 54.6 Å². The molecule has 0 atom stereocenters. The van der Waals surface area contributed by atoms with Gasteiger partial charge in [-0.05, 0) is 35.6 Å². The molecule has 0 bridgehead atoms. The first-order valence-corrected chi connectivity index (χ1v) is 14.0. The van der Waals surface area contributed by atoms with Crippen molar-refractivity contribution in [2.45, 2.75) is 129 Å². The lowest BCUT2D eigenvalue weighted by Gasteiger charge is -2.04. The summed E-state index contributed by atoms with van der Waals surface area (Å²) in [5.74, 6) is 0. The number of unbranched alkanes of at least 4 members (excludes halogenated alkanes) is 17. The molecule has 0 saturated carbocycles. The third-order valence-electron chi connectivity index (χ3n) is 6.86. The van der Waals surface area contributed by atoms with Crippen LogP contribution in [0.1, 0.15) is 128 Å². The molecule has 0 fully saturated rings. The predicted molar refractivity (Wildman–Crippen MR) is 146 cm³/mol. The quantitative estimate of drug-likeness (QED) is 0.143. The van der Waals surface area contributed by atoms with E-state index in [1.54, 1.807) is 0 Å². The van der Waals surface area contributed by atoms with Crippen molar-refractivity contribution in [1.29, 1.82) is 0 Å². The molecule has 0 amide bonds. The molecule has 0 heterocycles. The second kappa shape index (κ2) is 19.0. The maximum Gasteiger partial charge on any atom is -0.00913 e. The zero-order chi connectivity index (χ0) is 22.5. The highest BCUT2D eigenvalue weighted by molar-refractivity contribution is 5.85. The molecule has 0 aliphatic rings. The summed E-state index contributed by atoms with van der Waals surface area (Å²) in [4.78, 5) is 0. The molecular weight excluding hydrogens is 384 g/mol. The van der Waals surface area contributed by atoms with Gasteiger partial charge in [-0.15, -0.1) is 0 Å². The Morgan fingerprint density at radius 3 is 1.59 bits per heavy atom. The van der Waals surface area contributed by atoms with E-state index in [1.807, 2.05) is 0 Å². The summed E-state index contributed by atoms with van der Waals surface area (Å²) in [5.41, 5.74) is 1.45. The minimum atomic E-state index is 1.06. The average Bonchev–Trinajstić information content (AvgIpc) is 2.83. The van der Waals surface area contributed by atoms with Gasteiger partial charge in [0.2, 0.25) is 0 Å². The average molecular weight is 435 g/mol. The number of benzene rings is 2. The topological polar surface area (TPSA) is 0 Å². The van der Waals surface area contributed by atoms with Gasteiger partial charge in [0.15, 0.2) is 0 Å². The van der Waals surface area contributed by atoms with Crippen LogP contribution < -0.4 is 0 Å². The van der Waals surface area contributed by atoms with Gasteiger partial charge in [0, 0.05) is 0 Å². The smallest absolute Gasteiger partial charge is 0.00913 e. The fraction of sp³-hybridized carbons (Fsp3) is 0.625. The zero-order valence-corrected chi connectivity index (χ0v) is 21.1. The van der Waals surface area contributed by atoms with Crippen molar-refractivity contribution in [2.75, 3.05) is 0 Å². The van der Waals surface area contributed by atoms with Crippen LogP contribution in [0.3, 0.4) is 0 Å². The Morgan fingerprint density at radius 2 is 1.00 bits per heavy atom. The lowest BCUT2D eigenvalue weighted by molar-refractivity contribution is 0.527. The van der Waals surface area contributed by atoms with E-state index in [1.165, 1.54) is 132 Å². The number of fused-ring (bicyclic) bond motifs is 1. The van der Waals surface area contributed by atoms with Gasteiger partial charge in [0.25, 0.3) is 0 Å². The molecule has 0 aliphatic heterocycles. The zero-order valence-electron chi connectivity index (χ0n) is 21.1. The van der Waals surface area contributed by atoms with Crippen LogP contribution >= 0.6 is 0 Å². The van der Waals surface area contributed by atoms with Gasteiger partial charge in [-0.3, -0.25) is 0 Å². The highest BCUT2D eigenvalue weighted by Gasteiger charge is 1.98. The predicted octanol–water partition coefficient (Wildman–Crippen LogP) is 11.0. The molecule has 0 radical (unpaired) electrons.